The van der Waals surface area contributed by atoms with E-state index in [-0.39, 0.29) is 49.9 Å². The van der Waals surface area contributed by atoms with Gasteiger partial charge in [-0.2, -0.15) is 0 Å². The molecule has 0 saturated heterocycles. The molecule has 3 rings (SSSR count). The second-order valence-corrected chi connectivity index (χ2v) is 12.0. The van der Waals surface area contributed by atoms with Crippen LogP contribution in [-0.2, 0) is 32.6 Å². The Bertz CT molecular complexity index is 1420. The van der Waals surface area contributed by atoms with E-state index in [2.05, 4.69) is 5.32 Å². The summed E-state index contributed by atoms with van der Waals surface area (Å²) in [5, 5.41) is 3.50. The van der Waals surface area contributed by atoms with Crippen LogP contribution in [-0.4, -0.2) is 50.5 Å². The number of hydrogen-bond donors (Lipinski definition) is 1. The summed E-state index contributed by atoms with van der Waals surface area (Å²) in [5.74, 6) is -1.36. The Morgan fingerprint density at radius 1 is 0.950 bits per heavy atom. The monoisotopic (exact) mass is 607 g/mol. The highest BCUT2D eigenvalue weighted by atomic mass is 35.5. The molecule has 1 atom stereocenters. The van der Waals surface area contributed by atoms with Gasteiger partial charge in [-0.15, -0.1) is 0 Å². The highest BCUT2D eigenvalue weighted by Crippen LogP contribution is 2.25. The standard InChI is InChI=1S/C29H32Cl2FN3O4S/c1-3-33-29(37)27(19-21-10-5-4-6-11-21)34(20-22-15-16-23(30)24(31)18-22)28(36)14-9-17-35(40(2,38)39)26-13-8-7-12-25(26)32/h4-8,10-13,15-16,18,27H,3,9,14,17,19-20H2,1-2H3,(H,33,37). The number of carbonyl (C=O) groups excluding carboxylic acids is 2. The van der Waals surface area contributed by atoms with E-state index < -0.39 is 21.9 Å². The SMILES string of the molecule is CCNC(=O)C(Cc1ccccc1)N(Cc1ccc(Cl)c(Cl)c1)C(=O)CCCN(c1ccccc1F)S(C)(=O)=O. The molecule has 40 heavy (non-hydrogen) atoms. The maximum absolute atomic E-state index is 14.4. The highest BCUT2D eigenvalue weighted by molar-refractivity contribution is 7.92. The molecule has 0 aromatic heterocycles. The van der Waals surface area contributed by atoms with Crippen molar-refractivity contribution in [2.45, 2.75) is 38.8 Å². The van der Waals surface area contributed by atoms with Gasteiger partial charge in [-0.05, 0) is 48.7 Å². The maximum Gasteiger partial charge on any atom is 0.243 e. The van der Waals surface area contributed by atoms with Crippen molar-refractivity contribution in [2.75, 3.05) is 23.7 Å². The van der Waals surface area contributed by atoms with E-state index in [1.807, 2.05) is 30.3 Å². The summed E-state index contributed by atoms with van der Waals surface area (Å²) in [7, 11) is -3.82. The number of nitrogens with zero attached hydrogens (tertiary/aromatic N) is 2. The van der Waals surface area contributed by atoms with Crippen molar-refractivity contribution in [3.63, 3.8) is 0 Å². The van der Waals surface area contributed by atoms with E-state index in [1.165, 1.54) is 23.1 Å². The molecule has 214 valence electrons. The van der Waals surface area contributed by atoms with Gasteiger partial charge in [-0.1, -0.05) is 71.7 Å². The van der Waals surface area contributed by atoms with Crippen LogP contribution >= 0.6 is 23.2 Å². The second-order valence-electron chi connectivity index (χ2n) is 9.26. The van der Waals surface area contributed by atoms with E-state index in [0.29, 0.717) is 22.2 Å². The quantitative estimate of drug-likeness (QED) is 0.280. The molecule has 0 aliphatic rings. The Balaban J connectivity index is 1.89. The van der Waals surface area contributed by atoms with Gasteiger partial charge in [0.1, 0.15) is 11.9 Å². The van der Waals surface area contributed by atoms with Gasteiger partial charge in [0.2, 0.25) is 21.8 Å². The Morgan fingerprint density at radius 2 is 1.62 bits per heavy atom. The van der Waals surface area contributed by atoms with E-state index in [9.17, 15) is 22.4 Å². The molecule has 1 unspecified atom stereocenters. The Morgan fingerprint density at radius 3 is 2.25 bits per heavy atom. The summed E-state index contributed by atoms with van der Waals surface area (Å²) >= 11 is 12.3. The van der Waals surface area contributed by atoms with Gasteiger partial charge in [0, 0.05) is 32.5 Å². The van der Waals surface area contributed by atoms with Crippen LogP contribution in [0.3, 0.4) is 0 Å². The fraction of sp³-hybridized carbons (Fsp3) is 0.310. The molecule has 0 spiro atoms. The molecule has 0 aliphatic carbocycles. The molecule has 3 aromatic carbocycles. The number of carbonyl (C=O) groups is 2. The second kappa shape index (κ2) is 14.5. The first-order valence-electron chi connectivity index (χ1n) is 12.8. The number of nitrogens with one attached hydrogen (secondary N) is 1. The van der Waals surface area contributed by atoms with Crippen molar-refractivity contribution >= 4 is 50.7 Å². The van der Waals surface area contributed by atoms with Gasteiger partial charge in [-0.3, -0.25) is 13.9 Å². The van der Waals surface area contributed by atoms with Crippen LogP contribution in [0.2, 0.25) is 10.0 Å². The third-order valence-electron chi connectivity index (χ3n) is 6.23. The number of hydrogen-bond acceptors (Lipinski definition) is 4. The molecule has 1 N–H and O–H groups in total. The Hall–Kier alpha value is -3.14. The fourth-order valence-corrected chi connectivity index (χ4v) is 5.60. The lowest BCUT2D eigenvalue weighted by Gasteiger charge is -2.32. The minimum atomic E-state index is -3.82. The molecule has 7 nitrogen and oxygen atoms in total. The van der Waals surface area contributed by atoms with Gasteiger partial charge in [0.15, 0.2) is 0 Å². The van der Waals surface area contributed by atoms with Gasteiger partial charge < -0.3 is 10.2 Å². The van der Waals surface area contributed by atoms with Gasteiger partial charge in [0.25, 0.3) is 0 Å². The summed E-state index contributed by atoms with van der Waals surface area (Å²) in [6, 6.07) is 19.1. The van der Waals surface area contributed by atoms with Crippen LogP contribution in [0.4, 0.5) is 10.1 Å². The summed E-state index contributed by atoms with van der Waals surface area (Å²) < 4.78 is 40.3. The number of anilines is 1. The molecule has 0 radical (unpaired) electrons. The lowest BCUT2D eigenvalue weighted by molar-refractivity contribution is -0.141. The molecule has 0 heterocycles. The summed E-state index contributed by atoms with van der Waals surface area (Å²) in [5.41, 5.74) is 1.46. The number of likely N-dealkylation sites (N-methyl/N-ethyl adjacent to an activating group) is 1. The summed E-state index contributed by atoms with van der Waals surface area (Å²) in [6.07, 6.45) is 1.28. The minimum absolute atomic E-state index is 0.0768. The van der Waals surface area contributed by atoms with Gasteiger partial charge in [0.05, 0.1) is 22.0 Å². The molecule has 3 aromatic rings. The average molecular weight is 609 g/mol. The van der Waals surface area contributed by atoms with Crippen molar-refractivity contribution < 1.29 is 22.4 Å². The predicted octanol–water partition coefficient (Wildman–Crippen LogP) is 5.45. The third-order valence-corrected chi connectivity index (χ3v) is 8.15. The first kappa shape index (κ1) is 31.4. The number of benzene rings is 3. The molecule has 0 fully saturated rings. The molecular weight excluding hydrogens is 576 g/mol. The average Bonchev–Trinajstić information content (AvgIpc) is 2.91. The zero-order valence-corrected chi connectivity index (χ0v) is 24.6. The minimum Gasteiger partial charge on any atom is -0.355 e. The Kier molecular flexibility index (Phi) is 11.4. The summed E-state index contributed by atoms with van der Waals surface area (Å²) in [4.78, 5) is 28.5. The number of rotatable bonds is 13. The predicted molar refractivity (Wildman–Crippen MR) is 157 cm³/mol. The van der Waals surface area contributed by atoms with Crippen LogP contribution in [0.1, 0.15) is 30.9 Å². The summed E-state index contributed by atoms with van der Waals surface area (Å²) in [6.45, 7) is 2.14. The van der Waals surface area contributed by atoms with Gasteiger partial charge in [-0.25, -0.2) is 12.8 Å². The third kappa shape index (κ3) is 8.68. The van der Waals surface area contributed by atoms with E-state index >= 15 is 0 Å². The van der Waals surface area contributed by atoms with Crippen LogP contribution in [0, 0.1) is 5.82 Å². The van der Waals surface area contributed by atoms with Crippen LogP contribution in [0.5, 0.6) is 0 Å². The van der Waals surface area contributed by atoms with Crippen LogP contribution < -0.4 is 9.62 Å². The zero-order chi connectivity index (χ0) is 29.3. The van der Waals surface area contributed by atoms with Gasteiger partial charge >= 0.3 is 0 Å². The highest BCUT2D eigenvalue weighted by Gasteiger charge is 2.30. The van der Waals surface area contributed by atoms with E-state index in [0.717, 1.165) is 16.1 Å². The van der Waals surface area contributed by atoms with Crippen molar-refractivity contribution in [3.05, 3.63) is 99.8 Å². The molecule has 0 saturated carbocycles. The molecule has 0 bridgehead atoms. The van der Waals surface area contributed by atoms with Crippen molar-refractivity contribution in [3.8, 4) is 0 Å². The number of halogens is 3. The zero-order valence-electron chi connectivity index (χ0n) is 22.3. The molecular formula is C29H32Cl2FN3O4S. The lowest BCUT2D eigenvalue weighted by Crippen LogP contribution is -2.50. The van der Waals surface area contributed by atoms with Crippen molar-refractivity contribution in [1.29, 1.82) is 0 Å². The van der Waals surface area contributed by atoms with E-state index in [1.54, 1.807) is 31.2 Å². The van der Waals surface area contributed by atoms with Crippen LogP contribution in [0.15, 0.2) is 72.8 Å². The normalized spacial score (nSPS) is 12.0. The first-order valence-corrected chi connectivity index (χ1v) is 15.4. The number of sulfonamides is 1. The number of amides is 2. The van der Waals surface area contributed by atoms with Crippen LogP contribution in [0.25, 0.3) is 0 Å². The molecule has 2 amide bonds. The molecule has 11 heteroatoms. The van der Waals surface area contributed by atoms with Crippen molar-refractivity contribution in [2.24, 2.45) is 0 Å². The number of para-hydroxylation sites is 1. The lowest BCUT2D eigenvalue weighted by atomic mass is 10.0. The Labute approximate surface area is 244 Å². The fourth-order valence-electron chi connectivity index (χ4n) is 4.32. The maximum atomic E-state index is 14.4. The van der Waals surface area contributed by atoms with Crippen molar-refractivity contribution in [1.82, 2.24) is 10.2 Å². The smallest absolute Gasteiger partial charge is 0.243 e. The first-order chi connectivity index (χ1) is 19.0. The van der Waals surface area contributed by atoms with E-state index in [4.69, 9.17) is 23.2 Å². The largest absolute Gasteiger partial charge is 0.355 e. The molecule has 0 aliphatic heterocycles. The topological polar surface area (TPSA) is 86.8 Å².